The lowest BCUT2D eigenvalue weighted by atomic mass is 10.2. The Bertz CT molecular complexity index is 272. The minimum atomic E-state index is 1.20. The number of aryl methyl sites for hydroxylation is 1. The first kappa shape index (κ1) is 11.4. The maximum absolute atomic E-state index is 2.26. The smallest absolute Gasteiger partial charge is 0.0116 e. The van der Waals surface area contributed by atoms with Crippen LogP contribution < -0.4 is 0 Å². The van der Waals surface area contributed by atoms with Crippen molar-refractivity contribution in [2.24, 2.45) is 0 Å². The molecule has 0 saturated heterocycles. The normalized spacial score (nSPS) is 11.0. The molecule has 0 N–H and O–H groups in total. The van der Waals surface area contributed by atoms with Crippen LogP contribution >= 0.6 is 11.8 Å². The number of rotatable bonds is 5. The molecule has 0 heterocycles. The second kappa shape index (κ2) is 6.72. The molecule has 14 heavy (non-hydrogen) atoms. The molecular formula is C13H18S. The summed E-state index contributed by atoms with van der Waals surface area (Å²) in [6, 6.07) is 8.65. The van der Waals surface area contributed by atoms with Crippen molar-refractivity contribution in [1.29, 1.82) is 0 Å². The largest absolute Gasteiger partial charge is 0.0984 e. The maximum Gasteiger partial charge on any atom is 0.0116 e. The van der Waals surface area contributed by atoms with Crippen LogP contribution in [0.25, 0.3) is 0 Å². The summed E-state index contributed by atoms with van der Waals surface area (Å²) in [5.74, 6) is 0. The molecule has 0 nitrogen and oxygen atoms in total. The topological polar surface area (TPSA) is 0 Å². The summed E-state index contributed by atoms with van der Waals surface area (Å²) < 4.78 is 0. The molecule has 0 amide bonds. The Hall–Kier alpha value is -0.690. The van der Waals surface area contributed by atoms with E-state index in [2.05, 4.69) is 49.6 Å². The van der Waals surface area contributed by atoms with E-state index in [9.17, 15) is 0 Å². The van der Waals surface area contributed by atoms with E-state index in [-0.39, 0.29) is 0 Å². The Labute approximate surface area is 91.4 Å². The predicted octanol–water partition coefficient (Wildman–Crippen LogP) is 4.79. The van der Waals surface area contributed by atoms with E-state index in [0.29, 0.717) is 0 Å². The molecule has 1 aromatic rings. The predicted molar refractivity (Wildman–Crippen MR) is 65.7 cm³/mol. The summed E-state index contributed by atoms with van der Waals surface area (Å²) in [7, 11) is 0. The number of allylic oxidation sites excluding steroid dienone is 1. The molecule has 0 saturated carbocycles. The number of hydrogen-bond donors (Lipinski definition) is 0. The summed E-state index contributed by atoms with van der Waals surface area (Å²) in [5.41, 5.74) is 1.32. The van der Waals surface area contributed by atoms with Gasteiger partial charge < -0.3 is 0 Å². The average molecular weight is 206 g/mol. The first-order chi connectivity index (χ1) is 6.83. The molecule has 0 aliphatic heterocycles. The summed E-state index contributed by atoms with van der Waals surface area (Å²) in [4.78, 5) is 1.32. The minimum absolute atomic E-state index is 1.20. The molecule has 0 aromatic heterocycles. The second-order valence-electron chi connectivity index (χ2n) is 3.44. The molecule has 0 fully saturated rings. The zero-order chi connectivity index (χ0) is 10.2. The van der Waals surface area contributed by atoms with Crippen molar-refractivity contribution in [3.8, 4) is 0 Å². The van der Waals surface area contributed by atoms with Gasteiger partial charge in [-0.2, -0.15) is 0 Å². The SMILES string of the molecule is CCCC/C=C\Sc1ccc(C)cc1. The second-order valence-corrected chi connectivity index (χ2v) is 4.42. The summed E-state index contributed by atoms with van der Waals surface area (Å²) in [5, 5.41) is 2.19. The molecule has 76 valence electrons. The minimum Gasteiger partial charge on any atom is -0.0984 e. The van der Waals surface area contributed by atoms with Crippen LogP contribution in [0.15, 0.2) is 40.6 Å². The van der Waals surface area contributed by atoms with Crippen molar-refractivity contribution in [2.75, 3.05) is 0 Å². The van der Waals surface area contributed by atoms with E-state index in [0.717, 1.165) is 0 Å². The lowest BCUT2D eigenvalue weighted by molar-refractivity contribution is 0.815. The van der Waals surface area contributed by atoms with Crippen LogP contribution in [-0.4, -0.2) is 0 Å². The van der Waals surface area contributed by atoms with Crippen molar-refractivity contribution in [3.63, 3.8) is 0 Å². The summed E-state index contributed by atoms with van der Waals surface area (Å²) in [6.45, 7) is 4.34. The Morgan fingerprint density at radius 3 is 2.57 bits per heavy atom. The van der Waals surface area contributed by atoms with Gasteiger partial charge in [-0.05, 0) is 30.9 Å². The van der Waals surface area contributed by atoms with Crippen LogP contribution in [0, 0.1) is 6.92 Å². The van der Waals surface area contributed by atoms with E-state index in [4.69, 9.17) is 0 Å². The van der Waals surface area contributed by atoms with Crippen LogP contribution in [0.4, 0.5) is 0 Å². The van der Waals surface area contributed by atoms with E-state index >= 15 is 0 Å². The Balaban J connectivity index is 2.30. The molecular weight excluding hydrogens is 188 g/mol. The van der Waals surface area contributed by atoms with Gasteiger partial charge in [-0.1, -0.05) is 55.3 Å². The van der Waals surface area contributed by atoms with Gasteiger partial charge >= 0.3 is 0 Å². The lowest BCUT2D eigenvalue weighted by Crippen LogP contribution is -1.71. The fourth-order valence-electron chi connectivity index (χ4n) is 1.13. The van der Waals surface area contributed by atoms with Crippen LogP contribution in [0.2, 0.25) is 0 Å². The van der Waals surface area contributed by atoms with Crippen molar-refractivity contribution < 1.29 is 0 Å². The lowest BCUT2D eigenvalue weighted by Gasteiger charge is -1.96. The number of benzene rings is 1. The molecule has 0 spiro atoms. The number of hydrogen-bond acceptors (Lipinski definition) is 1. The first-order valence-electron chi connectivity index (χ1n) is 5.21. The Kier molecular flexibility index (Phi) is 5.46. The molecule has 0 aliphatic rings. The monoisotopic (exact) mass is 206 g/mol. The maximum atomic E-state index is 2.26. The highest BCUT2D eigenvalue weighted by molar-refractivity contribution is 8.02. The van der Waals surface area contributed by atoms with E-state index < -0.39 is 0 Å². The van der Waals surface area contributed by atoms with Gasteiger partial charge in [0.1, 0.15) is 0 Å². The van der Waals surface area contributed by atoms with E-state index in [1.165, 1.54) is 29.7 Å². The van der Waals surface area contributed by atoms with Crippen LogP contribution in [0.3, 0.4) is 0 Å². The van der Waals surface area contributed by atoms with Gasteiger partial charge in [-0.3, -0.25) is 0 Å². The van der Waals surface area contributed by atoms with Crippen molar-refractivity contribution in [3.05, 3.63) is 41.3 Å². The quantitative estimate of drug-likeness (QED) is 0.493. The average Bonchev–Trinajstić information content (AvgIpc) is 2.21. The molecule has 1 aromatic carbocycles. The highest BCUT2D eigenvalue weighted by Crippen LogP contribution is 2.19. The molecule has 1 rings (SSSR count). The van der Waals surface area contributed by atoms with Gasteiger partial charge in [0.25, 0.3) is 0 Å². The Morgan fingerprint density at radius 1 is 1.21 bits per heavy atom. The zero-order valence-electron chi connectivity index (χ0n) is 8.99. The molecule has 1 heteroatoms. The number of thioether (sulfide) groups is 1. The van der Waals surface area contributed by atoms with Crippen LogP contribution in [0.1, 0.15) is 31.7 Å². The van der Waals surface area contributed by atoms with Gasteiger partial charge in [-0.25, -0.2) is 0 Å². The van der Waals surface area contributed by atoms with Gasteiger partial charge in [0.05, 0.1) is 0 Å². The third kappa shape index (κ3) is 4.52. The first-order valence-corrected chi connectivity index (χ1v) is 6.09. The fraction of sp³-hybridized carbons (Fsp3) is 0.385. The fourth-order valence-corrected chi connectivity index (χ4v) is 1.82. The molecule has 0 aliphatic carbocycles. The van der Waals surface area contributed by atoms with Gasteiger partial charge in [0.2, 0.25) is 0 Å². The highest BCUT2D eigenvalue weighted by Gasteiger charge is 1.88. The van der Waals surface area contributed by atoms with Crippen molar-refractivity contribution in [2.45, 2.75) is 38.0 Å². The Morgan fingerprint density at radius 2 is 1.93 bits per heavy atom. The third-order valence-electron chi connectivity index (χ3n) is 2.05. The number of unbranched alkanes of at least 4 members (excludes halogenated alkanes) is 2. The zero-order valence-corrected chi connectivity index (χ0v) is 9.81. The highest BCUT2D eigenvalue weighted by atomic mass is 32.2. The molecule has 0 bridgehead atoms. The third-order valence-corrected chi connectivity index (χ3v) is 2.92. The van der Waals surface area contributed by atoms with Crippen molar-refractivity contribution in [1.82, 2.24) is 0 Å². The molecule has 0 radical (unpaired) electrons. The van der Waals surface area contributed by atoms with Gasteiger partial charge in [0, 0.05) is 4.90 Å². The van der Waals surface area contributed by atoms with Crippen LogP contribution in [-0.2, 0) is 0 Å². The summed E-state index contributed by atoms with van der Waals surface area (Å²) >= 11 is 1.80. The summed E-state index contributed by atoms with van der Waals surface area (Å²) in [6.07, 6.45) is 6.04. The van der Waals surface area contributed by atoms with E-state index in [1.54, 1.807) is 11.8 Å². The molecule has 0 unspecified atom stereocenters. The van der Waals surface area contributed by atoms with Gasteiger partial charge in [0.15, 0.2) is 0 Å². The van der Waals surface area contributed by atoms with Crippen LogP contribution in [0.5, 0.6) is 0 Å². The van der Waals surface area contributed by atoms with Gasteiger partial charge in [-0.15, -0.1) is 0 Å². The molecule has 0 atom stereocenters. The van der Waals surface area contributed by atoms with E-state index in [1.807, 2.05) is 0 Å². The standard InChI is InChI=1S/C13H18S/c1-3-4-5-6-11-14-13-9-7-12(2)8-10-13/h6-11H,3-5H2,1-2H3/b11-6-. The van der Waals surface area contributed by atoms with Crippen molar-refractivity contribution >= 4 is 11.8 Å².